The van der Waals surface area contributed by atoms with Crippen LogP contribution in [0.1, 0.15) is 24.6 Å². The van der Waals surface area contributed by atoms with E-state index in [2.05, 4.69) is 34.8 Å². The van der Waals surface area contributed by atoms with E-state index in [4.69, 9.17) is 5.73 Å². The Bertz CT molecular complexity index is 380. The highest BCUT2D eigenvalue weighted by Gasteiger charge is 2.23. The third kappa shape index (κ3) is 3.07. The van der Waals surface area contributed by atoms with Crippen molar-refractivity contribution in [3.8, 4) is 0 Å². The first-order valence-electron chi connectivity index (χ1n) is 6.80. The van der Waals surface area contributed by atoms with Crippen molar-refractivity contribution >= 4 is 0 Å². The first kappa shape index (κ1) is 13.5. The summed E-state index contributed by atoms with van der Waals surface area (Å²) in [5.74, 6) is 0. The van der Waals surface area contributed by atoms with Gasteiger partial charge in [0.05, 0.1) is 5.69 Å². The van der Waals surface area contributed by atoms with E-state index >= 15 is 0 Å². The number of rotatable bonds is 4. The SMILES string of the molecule is CCC1CN(Cc2ncccc2CN)CCN1C. The van der Waals surface area contributed by atoms with Crippen LogP contribution >= 0.6 is 0 Å². The lowest BCUT2D eigenvalue weighted by Gasteiger charge is -2.39. The fourth-order valence-electron chi connectivity index (χ4n) is 2.61. The molecule has 0 aliphatic carbocycles. The van der Waals surface area contributed by atoms with E-state index in [1.165, 1.54) is 12.0 Å². The van der Waals surface area contributed by atoms with Gasteiger partial charge >= 0.3 is 0 Å². The van der Waals surface area contributed by atoms with Crippen LogP contribution in [0.5, 0.6) is 0 Å². The van der Waals surface area contributed by atoms with Gasteiger partial charge in [-0.15, -0.1) is 0 Å². The lowest BCUT2D eigenvalue weighted by atomic mass is 10.1. The molecule has 4 nitrogen and oxygen atoms in total. The number of pyridine rings is 1. The average Bonchev–Trinajstić information content (AvgIpc) is 2.41. The van der Waals surface area contributed by atoms with Crippen LogP contribution in [-0.4, -0.2) is 47.5 Å². The largest absolute Gasteiger partial charge is 0.326 e. The molecular formula is C14H24N4. The molecule has 1 fully saturated rings. The summed E-state index contributed by atoms with van der Waals surface area (Å²) in [5, 5.41) is 0. The van der Waals surface area contributed by atoms with Gasteiger partial charge in [-0.2, -0.15) is 0 Å². The molecule has 1 aromatic rings. The predicted octanol–water partition coefficient (Wildman–Crippen LogP) is 1.07. The number of hydrogen-bond donors (Lipinski definition) is 1. The Balaban J connectivity index is 2.01. The van der Waals surface area contributed by atoms with Crippen LogP contribution in [0.25, 0.3) is 0 Å². The summed E-state index contributed by atoms with van der Waals surface area (Å²) in [5.41, 5.74) is 8.07. The second kappa shape index (κ2) is 6.27. The Morgan fingerprint density at radius 3 is 3.00 bits per heavy atom. The summed E-state index contributed by atoms with van der Waals surface area (Å²) in [4.78, 5) is 9.43. The van der Waals surface area contributed by atoms with E-state index in [-0.39, 0.29) is 0 Å². The zero-order chi connectivity index (χ0) is 13.0. The average molecular weight is 248 g/mol. The van der Waals surface area contributed by atoms with Crippen LogP contribution in [-0.2, 0) is 13.1 Å². The molecule has 1 atom stereocenters. The van der Waals surface area contributed by atoms with E-state index < -0.39 is 0 Å². The summed E-state index contributed by atoms with van der Waals surface area (Å²) >= 11 is 0. The standard InChI is InChI=1S/C14H24N4/c1-3-13-10-18(8-7-17(13)2)11-14-12(9-15)5-4-6-16-14/h4-6,13H,3,7-11,15H2,1-2H3. The zero-order valence-corrected chi connectivity index (χ0v) is 11.5. The maximum absolute atomic E-state index is 5.76. The Labute approximate surface area is 110 Å². The van der Waals surface area contributed by atoms with Crippen molar-refractivity contribution in [3.63, 3.8) is 0 Å². The molecule has 1 saturated heterocycles. The topological polar surface area (TPSA) is 45.4 Å². The Morgan fingerprint density at radius 1 is 1.44 bits per heavy atom. The van der Waals surface area contributed by atoms with Crippen molar-refractivity contribution in [1.29, 1.82) is 0 Å². The summed E-state index contributed by atoms with van der Waals surface area (Å²) in [6.45, 7) is 7.16. The van der Waals surface area contributed by atoms with Crippen molar-refractivity contribution < 1.29 is 0 Å². The van der Waals surface area contributed by atoms with Crippen molar-refractivity contribution in [3.05, 3.63) is 29.6 Å². The van der Waals surface area contributed by atoms with E-state index in [0.717, 1.165) is 31.9 Å². The third-order valence-corrected chi connectivity index (χ3v) is 3.91. The maximum Gasteiger partial charge on any atom is 0.0588 e. The summed E-state index contributed by atoms with van der Waals surface area (Å²) < 4.78 is 0. The Kier molecular flexibility index (Phi) is 4.69. The molecule has 18 heavy (non-hydrogen) atoms. The quantitative estimate of drug-likeness (QED) is 0.865. The first-order chi connectivity index (χ1) is 8.74. The predicted molar refractivity (Wildman–Crippen MR) is 74.1 cm³/mol. The lowest BCUT2D eigenvalue weighted by Crippen LogP contribution is -2.50. The van der Waals surface area contributed by atoms with Gasteiger partial charge in [0, 0.05) is 45.0 Å². The van der Waals surface area contributed by atoms with Crippen LogP contribution in [0.2, 0.25) is 0 Å². The van der Waals surface area contributed by atoms with Gasteiger partial charge in [0.25, 0.3) is 0 Å². The Morgan fingerprint density at radius 2 is 2.28 bits per heavy atom. The van der Waals surface area contributed by atoms with E-state index in [9.17, 15) is 0 Å². The number of hydrogen-bond acceptors (Lipinski definition) is 4. The fourth-order valence-corrected chi connectivity index (χ4v) is 2.61. The normalized spacial score (nSPS) is 22.3. The van der Waals surface area contributed by atoms with Gasteiger partial charge in [0.1, 0.15) is 0 Å². The maximum atomic E-state index is 5.76. The van der Waals surface area contributed by atoms with Gasteiger partial charge in [0.2, 0.25) is 0 Å². The van der Waals surface area contributed by atoms with Gasteiger partial charge in [-0.1, -0.05) is 13.0 Å². The molecule has 4 heteroatoms. The van der Waals surface area contributed by atoms with Crippen molar-refractivity contribution in [1.82, 2.24) is 14.8 Å². The van der Waals surface area contributed by atoms with Crippen LogP contribution in [0.4, 0.5) is 0 Å². The number of aromatic nitrogens is 1. The second-order valence-electron chi connectivity index (χ2n) is 5.09. The van der Waals surface area contributed by atoms with E-state index in [0.29, 0.717) is 12.6 Å². The van der Waals surface area contributed by atoms with Crippen LogP contribution < -0.4 is 5.73 Å². The molecule has 1 aliphatic rings. The van der Waals surface area contributed by atoms with Crippen LogP contribution in [0, 0.1) is 0 Å². The molecule has 100 valence electrons. The highest BCUT2D eigenvalue weighted by Crippen LogP contribution is 2.14. The smallest absolute Gasteiger partial charge is 0.0588 e. The van der Waals surface area contributed by atoms with Gasteiger partial charge < -0.3 is 10.6 Å². The summed E-state index contributed by atoms with van der Waals surface area (Å²) in [7, 11) is 2.22. The molecule has 0 aromatic carbocycles. The molecule has 0 spiro atoms. The minimum Gasteiger partial charge on any atom is -0.326 e. The van der Waals surface area contributed by atoms with Crippen molar-refractivity contribution in [2.45, 2.75) is 32.5 Å². The minimum atomic E-state index is 0.578. The van der Waals surface area contributed by atoms with Crippen LogP contribution in [0.15, 0.2) is 18.3 Å². The molecule has 1 unspecified atom stereocenters. The fraction of sp³-hybridized carbons (Fsp3) is 0.643. The number of likely N-dealkylation sites (N-methyl/N-ethyl adjacent to an activating group) is 1. The van der Waals surface area contributed by atoms with Gasteiger partial charge in [-0.25, -0.2) is 0 Å². The Hall–Kier alpha value is -0.970. The van der Waals surface area contributed by atoms with Gasteiger partial charge in [0.15, 0.2) is 0 Å². The molecule has 1 aromatic heterocycles. The third-order valence-electron chi connectivity index (χ3n) is 3.91. The second-order valence-corrected chi connectivity index (χ2v) is 5.09. The first-order valence-corrected chi connectivity index (χ1v) is 6.80. The highest BCUT2D eigenvalue weighted by molar-refractivity contribution is 5.19. The molecule has 0 saturated carbocycles. The van der Waals surface area contributed by atoms with Gasteiger partial charge in [-0.3, -0.25) is 9.88 Å². The highest BCUT2D eigenvalue weighted by atomic mass is 15.3. The number of piperazine rings is 1. The molecule has 2 heterocycles. The lowest BCUT2D eigenvalue weighted by molar-refractivity contribution is 0.0873. The number of nitrogens with zero attached hydrogens (tertiary/aromatic N) is 3. The van der Waals surface area contributed by atoms with Gasteiger partial charge in [-0.05, 0) is 25.1 Å². The molecule has 0 bridgehead atoms. The molecular weight excluding hydrogens is 224 g/mol. The monoisotopic (exact) mass is 248 g/mol. The summed E-state index contributed by atoms with van der Waals surface area (Å²) in [6.07, 6.45) is 3.07. The molecule has 2 rings (SSSR count). The van der Waals surface area contributed by atoms with E-state index in [1.54, 1.807) is 0 Å². The molecule has 0 amide bonds. The molecule has 1 aliphatic heterocycles. The van der Waals surface area contributed by atoms with Crippen molar-refractivity contribution in [2.75, 3.05) is 26.7 Å². The zero-order valence-electron chi connectivity index (χ0n) is 11.5. The van der Waals surface area contributed by atoms with Crippen molar-refractivity contribution in [2.24, 2.45) is 5.73 Å². The van der Waals surface area contributed by atoms with E-state index in [1.807, 2.05) is 12.3 Å². The summed E-state index contributed by atoms with van der Waals surface area (Å²) in [6, 6.07) is 4.71. The van der Waals surface area contributed by atoms with Crippen LogP contribution in [0.3, 0.4) is 0 Å². The molecule has 0 radical (unpaired) electrons. The molecule has 2 N–H and O–H groups in total. The number of nitrogens with two attached hydrogens (primary N) is 1. The minimum absolute atomic E-state index is 0.578.